The maximum atomic E-state index is 13.3. The summed E-state index contributed by atoms with van der Waals surface area (Å²) < 4.78 is 32.8. The largest absolute Gasteiger partial charge is 0.481 e. The molecule has 0 aliphatic rings. The number of amides is 1. The highest BCUT2D eigenvalue weighted by Crippen LogP contribution is 2.26. The Balaban J connectivity index is 2.45. The van der Waals surface area contributed by atoms with Crippen molar-refractivity contribution in [2.24, 2.45) is 0 Å². The van der Waals surface area contributed by atoms with Gasteiger partial charge in [0.25, 0.3) is 10.0 Å². The van der Waals surface area contributed by atoms with Crippen molar-refractivity contribution in [3.8, 4) is 5.88 Å². The summed E-state index contributed by atoms with van der Waals surface area (Å²) in [7, 11) is -2.43. The van der Waals surface area contributed by atoms with Crippen LogP contribution in [0.2, 0.25) is 0 Å². The Morgan fingerprint density at radius 1 is 1.19 bits per heavy atom. The van der Waals surface area contributed by atoms with Crippen LogP contribution in [0.4, 0.5) is 10.5 Å². The number of carboxylic acid groups (broad SMARTS) is 1. The number of aromatic nitrogens is 1. The topological polar surface area (TPSA) is 100 Å². The van der Waals surface area contributed by atoms with E-state index < -0.39 is 16.1 Å². The fourth-order valence-corrected chi connectivity index (χ4v) is 4.26. The van der Waals surface area contributed by atoms with Crippen LogP contribution in [0.5, 0.6) is 5.88 Å². The van der Waals surface area contributed by atoms with Crippen LogP contribution < -0.4 is 9.04 Å². The van der Waals surface area contributed by atoms with Gasteiger partial charge in [-0.2, -0.15) is 0 Å². The number of benzene rings is 1. The zero-order chi connectivity index (χ0) is 20.0. The zero-order valence-electron chi connectivity index (χ0n) is 15.5. The van der Waals surface area contributed by atoms with Crippen molar-refractivity contribution in [2.75, 3.05) is 31.0 Å². The van der Waals surface area contributed by atoms with Gasteiger partial charge in [-0.1, -0.05) is 18.2 Å². The molecule has 9 heteroatoms. The van der Waals surface area contributed by atoms with Crippen LogP contribution in [-0.2, 0) is 10.0 Å². The Bertz CT molecular complexity index is 884. The summed E-state index contributed by atoms with van der Waals surface area (Å²) in [6.45, 7) is 3.67. The zero-order valence-corrected chi connectivity index (χ0v) is 16.3. The average molecular weight is 393 g/mol. The van der Waals surface area contributed by atoms with Gasteiger partial charge in [0, 0.05) is 19.2 Å². The number of anilines is 1. The molecule has 2 rings (SSSR count). The lowest BCUT2D eigenvalue weighted by Crippen LogP contribution is -2.41. The molecular formula is C18H23N3O5S. The van der Waals surface area contributed by atoms with Crippen molar-refractivity contribution >= 4 is 21.8 Å². The summed E-state index contributed by atoms with van der Waals surface area (Å²) in [5, 5.41) is 9.22. The summed E-state index contributed by atoms with van der Waals surface area (Å²) in [6, 6.07) is 9.80. The normalized spacial score (nSPS) is 11.1. The Hall–Kier alpha value is -2.81. The molecule has 1 aromatic carbocycles. The summed E-state index contributed by atoms with van der Waals surface area (Å²) in [5.41, 5.74) is 0.940. The monoisotopic (exact) mass is 393 g/mol. The summed E-state index contributed by atoms with van der Waals surface area (Å²) in [6.07, 6.45) is 0.296. The number of likely N-dealkylation sites (N-methyl/N-ethyl adjacent to an activating group) is 1. The van der Waals surface area contributed by atoms with E-state index in [1.165, 1.54) is 23.7 Å². The quantitative estimate of drug-likeness (QED) is 0.740. The predicted molar refractivity (Wildman–Crippen MR) is 102 cm³/mol. The Morgan fingerprint density at radius 2 is 1.89 bits per heavy atom. The van der Waals surface area contributed by atoms with Gasteiger partial charge < -0.3 is 14.7 Å². The van der Waals surface area contributed by atoms with Gasteiger partial charge in [-0.05, 0) is 31.5 Å². The molecule has 0 aliphatic carbocycles. The predicted octanol–water partition coefficient (Wildman–Crippen LogP) is 2.59. The Kier molecular flexibility index (Phi) is 6.62. The van der Waals surface area contributed by atoms with Crippen molar-refractivity contribution in [1.29, 1.82) is 0 Å². The molecule has 0 bridgehead atoms. The summed E-state index contributed by atoms with van der Waals surface area (Å²) in [4.78, 5) is 16.7. The summed E-state index contributed by atoms with van der Waals surface area (Å²) >= 11 is 0. The molecular weight excluding hydrogens is 370 g/mol. The minimum Gasteiger partial charge on any atom is -0.481 e. The lowest BCUT2D eigenvalue weighted by molar-refractivity contribution is 0.149. The highest BCUT2D eigenvalue weighted by Gasteiger charge is 2.27. The first kappa shape index (κ1) is 20.5. The molecule has 0 saturated heterocycles. The molecule has 1 amide bonds. The molecule has 0 fully saturated rings. The number of aryl methyl sites for hydroxylation is 1. The number of hydrogen-bond acceptors (Lipinski definition) is 5. The van der Waals surface area contributed by atoms with Gasteiger partial charge in [0.1, 0.15) is 0 Å². The van der Waals surface area contributed by atoms with Crippen LogP contribution >= 0.6 is 0 Å². The number of carbonyl (C=O) groups is 1. The van der Waals surface area contributed by atoms with Crippen molar-refractivity contribution < 1.29 is 23.1 Å². The number of rotatable bonds is 8. The highest BCUT2D eigenvalue weighted by molar-refractivity contribution is 7.92. The number of methoxy groups -OCH3 is 1. The fraction of sp³-hybridized carbons (Fsp3) is 0.333. The van der Waals surface area contributed by atoms with Gasteiger partial charge in [0.15, 0.2) is 0 Å². The first-order chi connectivity index (χ1) is 12.8. The second-order valence-corrected chi connectivity index (χ2v) is 7.59. The molecule has 8 nitrogen and oxygen atoms in total. The molecule has 1 heterocycles. The third-order valence-electron chi connectivity index (χ3n) is 4.10. The van der Waals surface area contributed by atoms with Crippen LogP contribution in [0.15, 0.2) is 47.5 Å². The van der Waals surface area contributed by atoms with Crippen LogP contribution in [0.25, 0.3) is 0 Å². The van der Waals surface area contributed by atoms with Crippen molar-refractivity contribution in [3.05, 3.63) is 48.2 Å². The van der Waals surface area contributed by atoms with Gasteiger partial charge in [-0.3, -0.25) is 4.31 Å². The van der Waals surface area contributed by atoms with E-state index in [-0.39, 0.29) is 24.5 Å². The molecule has 27 heavy (non-hydrogen) atoms. The molecule has 146 valence electrons. The smallest absolute Gasteiger partial charge is 0.407 e. The molecule has 1 N–H and O–H groups in total. The molecule has 1 aromatic heterocycles. The van der Waals surface area contributed by atoms with Crippen LogP contribution in [-0.4, -0.2) is 56.2 Å². The minimum absolute atomic E-state index is 0.0307. The Morgan fingerprint density at radius 3 is 2.41 bits per heavy atom. The van der Waals surface area contributed by atoms with Gasteiger partial charge in [0.2, 0.25) is 5.88 Å². The Labute approximate surface area is 159 Å². The van der Waals surface area contributed by atoms with Crippen LogP contribution in [0, 0.1) is 6.92 Å². The number of pyridine rings is 1. The lowest BCUT2D eigenvalue weighted by atomic mass is 10.2. The molecule has 2 aromatic rings. The lowest BCUT2D eigenvalue weighted by Gasteiger charge is -2.27. The van der Waals surface area contributed by atoms with E-state index in [9.17, 15) is 18.3 Å². The van der Waals surface area contributed by atoms with Crippen molar-refractivity contribution in [2.45, 2.75) is 18.7 Å². The molecule has 0 radical (unpaired) electrons. The third kappa shape index (κ3) is 4.68. The maximum Gasteiger partial charge on any atom is 0.407 e. The minimum atomic E-state index is -3.90. The van der Waals surface area contributed by atoms with E-state index in [0.29, 0.717) is 17.1 Å². The third-order valence-corrected chi connectivity index (χ3v) is 6.09. The van der Waals surface area contributed by atoms with Gasteiger partial charge in [0.05, 0.1) is 30.4 Å². The van der Waals surface area contributed by atoms with Gasteiger partial charge in [-0.25, -0.2) is 18.2 Å². The molecule has 0 unspecified atom stereocenters. The van der Waals surface area contributed by atoms with Gasteiger partial charge in [-0.15, -0.1) is 0 Å². The SMILES string of the molecule is CCN(CCN(c1ccc(OC)nc1)S(=O)(=O)c1ccccc1C)C(=O)O. The van der Waals surface area contributed by atoms with E-state index >= 15 is 0 Å². The second kappa shape index (κ2) is 8.72. The number of hydrogen-bond donors (Lipinski definition) is 1. The number of sulfonamides is 1. The van der Waals surface area contributed by atoms with Crippen molar-refractivity contribution in [3.63, 3.8) is 0 Å². The molecule has 0 aliphatic heterocycles. The standard InChI is InChI=1S/C18H23N3O5S/c1-4-20(18(22)23)11-12-21(15-9-10-17(26-3)19-13-15)27(24,25)16-8-6-5-7-14(16)2/h5-10,13H,4,11-12H2,1-3H3,(H,22,23). The molecule has 0 saturated carbocycles. The van der Waals surface area contributed by atoms with E-state index in [1.54, 1.807) is 44.2 Å². The van der Waals surface area contributed by atoms with E-state index in [1.807, 2.05) is 0 Å². The van der Waals surface area contributed by atoms with Crippen LogP contribution in [0.3, 0.4) is 0 Å². The van der Waals surface area contributed by atoms with E-state index in [4.69, 9.17) is 4.74 Å². The van der Waals surface area contributed by atoms with E-state index in [0.717, 1.165) is 4.90 Å². The number of nitrogens with zero attached hydrogens (tertiary/aromatic N) is 3. The fourth-order valence-electron chi connectivity index (χ4n) is 2.59. The molecule has 0 spiro atoms. The van der Waals surface area contributed by atoms with Crippen molar-refractivity contribution in [1.82, 2.24) is 9.88 Å². The molecule has 0 atom stereocenters. The maximum absolute atomic E-state index is 13.3. The van der Waals surface area contributed by atoms with Gasteiger partial charge >= 0.3 is 6.09 Å². The van der Waals surface area contributed by atoms with E-state index in [2.05, 4.69) is 4.98 Å². The highest BCUT2D eigenvalue weighted by atomic mass is 32.2. The van der Waals surface area contributed by atoms with Crippen LogP contribution in [0.1, 0.15) is 12.5 Å². The first-order valence-electron chi connectivity index (χ1n) is 8.37. The number of ether oxygens (including phenoxy) is 1. The average Bonchev–Trinajstić information content (AvgIpc) is 2.65. The first-order valence-corrected chi connectivity index (χ1v) is 9.81. The summed E-state index contributed by atoms with van der Waals surface area (Å²) in [5.74, 6) is 0.354. The second-order valence-electron chi connectivity index (χ2n) is 5.76.